The van der Waals surface area contributed by atoms with Gasteiger partial charge in [-0.15, -0.1) is 0 Å². The molecular formula is C30H51FO2Si. The highest BCUT2D eigenvalue weighted by molar-refractivity contribution is 6.76. The van der Waals surface area contributed by atoms with Gasteiger partial charge in [-0.3, -0.25) is 4.79 Å². The van der Waals surface area contributed by atoms with Crippen LogP contribution in [-0.4, -0.2) is 20.7 Å². The Labute approximate surface area is 211 Å². The lowest BCUT2D eigenvalue weighted by Crippen LogP contribution is -2.18. The van der Waals surface area contributed by atoms with Crippen molar-refractivity contribution in [2.75, 3.05) is 6.61 Å². The van der Waals surface area contributed by atoms with E-state index in [1.807, 2.05) is 20.8 Å². The van der Waals surface area contributed by atoms with Crippen LogP contribution in [0.1, 0.15) is 86.0 Å². The number of rotatable bonds is 17. The molecule has 0 amide bonds. The molecule has 0 saturated carbocycles. The third-order valence-electron chi connectivity index (χ3n) is 5.93. The minimum absolute atomic E-state index is 0.0482. The standard InChI is InChI=1S/C30H51FO2Si/c1-10-33-30(32)28(24(2)3)22-21-26(5)17-14-16-25(4)18-15-20-29(31)27(6)19-12-11-13-23-34(7,8)9/h11,13,17-18,28H,2,10,12,14-16,19-23H2,1,3-9H3/b13-11-,25-18+,26-17+,29-27-. The number of carbonyl (C=O) groups is 1. The highest BCUT2D eigenvalue weighted by atomic mass is 28.3. The molecule has 0 spiro atoms. The van der Waals surface area contributed by atoms with Gasteiger partial charge in [0.15, 0.2) is 0 Å². The average Bonchev–Trinajstić information content (AvgIpc) is 2.72. The molecule has 1 atom stereocenters. The molecular weight excluding hydrogens is 439 g/mol. The first-order valence-corrected chi connectivity index (χ1v) is 16.7. The van der Waals surface area contributed by atoms with Crippen molar-refractivity contribution < 1.29 is 13.9 Å². The van der Waals surface area contributed by atoms with Gasteiger partial charge in [0.05, 0.1) is 18.4 Å². The van der Waals surface area contributed by atoms with E-state index in [0.717, 1.165) is 56.1 Å². The Balaban J connectivity index is 4.38. The second kappa shape index (κ2) is 17.7. The van der Waals surface area contributed by atoms with Crippen LogP contribution in [-0.2, 0) is 9.53 Å². The van der Waals surface area contributed by atoms with Gasteiger partial charge in [0.25, 0.3) is 0 Å². The van der Waals surface area contributed by atoms with Crippen LogP contribution in [0.4, 0.5) is 4.39 Å². The number of esters is 1. The number of hydrogen-bond acceptors (Lipinski definition) is 2. The van der Waals surface area contributed by atoms with Crippen LogP contribution in [0.25, 0.3) is 0 Å². The van der Waals surface area contributed by atoms with Crippen molar-refractivity contribution in [2.45, 2.75) is 112 Å². The Bertz CT molecular complexity index is 750. The molecule has 0 aliphatic heterocycles. The molecule has 0 aliphatic carbocycles. The summed E-state index contributed by atoms with van der Waals surface area (Å²) in [6.07, 6.45) is 15.4. The van der Waals surface area contributed by atoms with Gasteiger partial charge in [-0.2, -0.15) is 0 Å². The van der Waals surface area contributed by atoms with E-state index in [2.05, 4.69) is 64.4 Å². The van der Waals surface area contributed by atoms with E-state index < -0.39 is 8.07 Å². The molecule has 0 aromatic rings. The first kappa shape index (κ1) is 32.3. The van der Waals surface area contributed by atoms with Gasteiger partial charge in [0, 0.05) is 14.5 Å². The summed E-state index contributed by atoms with van der Waals surface area (Å²) in [5.41, 5.74) is 4.33. The topological polar surface area (TPSA) is 26.3 Å². The number of halogens is 1. The van der Waals surface area contributed by atoms with Crippen molar-refractivity contribution in [3.63, 3.8) is 0 Å². The van der Waals surface area contributed by atoms with Crippen molar-refractivity contribution in [1.29, 1.82) is 0 Å². The van der Waals surface area contributed by atoms with Gasteiger partial charge in [-0.25, -0.2) is 4.39 Å². The third kappa shape index (κ3) is 16.9. The normalized spacial score (nSPS) is 14.9. The largest absolute Gasteiger partial charge is 0.466 e. The maximum atomic E-state index is 14.4. The maximum absolute atomic E-state index is 14.4. The third-order valence-corrected chi connectivity index (χ3v) is 7.39. The predicted molar refractivity (Wildman–Crippen MR) is 150 cm³/mol. The monoisotopic (exact) mass is 490 g/mol. The van der Waals surface area contributed by atoms with Crippen LogP contribution >= 0.6 is 0 Å². The molecule has 0 rings (SSSR count). The lowest BCUT2D eigenvalue weighted by Gasteiger charge is -2.15. The summed E-state index contributed by atoms with van der Waals surface area (Å²) in [6, 6.07) is 1.19. The van der Waals surface area contributed by atoms with Gasteiger partial charge < -0.3 is 4.74 Å². The highest BCUT2D eigenvalue weighted by Gasteiger charge is 2.20. The molecule has 194 valence electrons. The molecule has 0 aliphatic rings. The second-order valence-electron chi connectivity index (χ2n) is 10.8. The minimum Gasteiger partial charge on any atom is -0.466 e. The Kier molecular flexibility index (Phi) is 16.8. The SMILES string of the molecule is C=C(C)C(CC/C(C)=C/CC/C(C)=C/CC/C(F)=C(\C)CC/C=C\C[Si](C)(C)C)C(=O)OCC. The van der Waals surface area contributed by atoms with Gasteiger partial charge in [0.1, 0.15) is 0 Å². The van der Waals surface area contributed by atoms with Crippen molar-refractivity contribution >= 4 is 14.0 Å². The molecule has 0 radical (unpaired) electrons. The van der Waals surface area contributed by atoms with Crippen LogP contribution in [0.15, 0.2) is 59.0 Å². The first-order valence-electron chi connectivity index (χ1n) is 13.0. The molecule has 0 saturated heterocycles. The Hall–Kier alpha value is -1.68. The van der Waals surface area contributed by atoms with E-state index in [9.17, 15) is 9.18 Å². The van der Waals surface area contributed by atoms with E-state index in [4.69, 9.17) is 4.74 Å². The van der Waals surface area contributed by atoms with Crippen LogP contribution in [0, 0.1) is 5.92 Å². The quantitative estimate of drug-likeness (QED) is 0.115. The molecule has 4 heteroatoms. The van der Waals surface area contributed by atoms with Crippen molar-refractivity contribution in [2.24, 2.45) is 5.92 Å². The zero-order valence-corrected chi connectivity index (χ0v) is 24.4. The summed E-state index contributed by atoms with van der Waals surface area (Å²) in [5.74, 6) is -0.346. The summed E-state index contributed by atoms with van der Waals surface area (Å²) < 4.78 is 19.6. The Morgan fingerprint density at radius 2 is 1.50 bits per heavy atom. The Morgan fingerprint density at radius 3 is 2.06 bits per heavy atom. The van der Waals surface area contributed by atoms with Crippen LogP contribution in [0.3, 0.4) is 0 Å². The van der Waals surface area contributed by atoms with E-state index in [1.165, 1.54) is 17.2 Å². The first-order chi connectivity index (χ1) is 15.9. The number of allylic oxidation sites excluding steroid dienone is 8. The molecule has 0 bridgehead atoms. The zero-order chi connectivity index (χ0) is 26.1. The minimum atomic E-state index is -1.02. The molecule has 0 N–H and O–H groups in total. The van der Waals surface area contributed by atoms with Gasteiger partial charge in [0.2, 0.25) is 0 Å². The smallest absolute Gasteiger partial charge is 0.313 e. The molecule has 0 heterocycles. The van der Waals surface area contributed by atoms with Crippen molar-refractivity contribution in [3.05, 3.63) is 59.0 Å². The molecule has 2 nitrogen and oxygen atoms in total. The summed E-state index contributed by atoms with van der Waals surface area (Å²) in [7, 11) is -1.02. The van der Waals surface area contributed by atoms with E-state index in [-0.39, 0.29) is 17.7 Å². The Morgan fingerprint density at radius 1 is 0.912 bits per heavy atom. The van der Waals surface area contributed by atoms with Gasteiger partial charge >= 0.3 is 5.97 Å². The number of hydrogen-bond donors (Lipinski definition) is 0. The molecule has 34 heavy (non-hydrogen) atoms. The lowest BCUT2D eigenvalue weighted by atomic mass is 9.94. The second-order valence-corrected chi connectivity index (χ2v) is 16.4. The zero-order valence-electron chi connectivity index (χ0n) is 23.4. The fourth-order valence-corrected chi connectivity index (χ4v) is 4.45. The van der Waals surface area contributed by atoms with Gasteiger partial charge in [-0.05, 0) is 91.2 Å². The van der Waals surface area contributed by atoms with Crippen LogP contribution < -0.4 is 0 Å². The fourth-order valence-electron chi connectivity index (χ4n) is 3.58. The molecule has 0 fully saturated rings. The van der Waals surface area contributed by atoms with E-state index >= 15 is 0 Å². The van der Waals surface area contributed by atoms with Gasteiger partial charge in [-0.1, -0.05) is 67.2 Å². The van der Waals surface area contributed by atoms with E-state index in [0.29, 0.717) is 13.0 Å². The average molecular weight is 491 g/mol. The molecule has 1 unspecified atom stereocenters. The summed E-state index contributed by atoms with van der Waals surface area (Å²) in [5, 5.41) is 0. The summed E-state index contributed by atoms with van der Waals surface area (Å²) in [4.78, 5) is 12.1. The predicted octanol–water partition coefficient (Wildman–Crippen LogP) is 9.89. The maximum Gasteiger partial charge on any atom is 0.313 e. The van der Waals surface area contributed by atoms with E-state index in [1.54, 1.807) is 0 Å². The van der Waals surface area contributed by atoms with Crippen molar-refractivity contribution in [3.8, 4) is 0 Å². The van der Waals surface area contributed by atoms with Crippen molar-refractivity contribution in [1.82, 2.24) is 0 Å². The lowest BCUT2D eigenvalue weighted by molar-refractivity contribution is -0.146. The fraction of sp³-hybridized carbons (Fsp3) is 0.633. The van der Waals surface area contributed by atoms with Crippen LogP contribution in [0.5, 0.6) is 0 Å². The molecule has 0 aromatic heterocycles. The van der Waals surface area contributed by atoms with Crippen LogP contribution in [0.2, 0.25) is 25.7 Å². The number of ether oxygens (including phenoxy) is 1. The highest BCUT2D eigenvalue weighted by Crippen LogP contribution is 2.22. The summed E-state index contributed by atoms with van der Waals surface area (Å²) in [6.45, 7) is 21.3. The number of carbonyl (C=O) groups excluding carboxylic acids is 1. The molecule has 0 aromatic carbocycles. The summed E-state index contributed by atoms with van der Waals surface area (Å²) >= 11 is 0.